The summed E-state index contributed by atoms with van der Waals surface area (Å²) in [6.45, 7) is 0.252. The number of hydrogen-bond donors (Lipinski definition) is 1. The van der Waals surface area contributed by atoms with Gasteiger partial charge in [-0.15, -0.1) is 0 Å². The van der Waals surface area contributed by atoms with Gasteiger partial charge in [0.2, 0.25) is 0 Å². The smallest absolute Gasteiger partial charge is 0.0443 e. The molecule has 1 saturated carbocycles. The van der Waals surface area contributed by atoms with Crippen LogP contribution in [0.25, 0.3) is 0 Å². The number of aryl methyl sites for hydroxylation is 1. The second-order valence-electron chi connectivity index (χ2n) is 3.96. The maximum absolute atomic E-state index is 8.72. The van der Waals surface area contributed by atoms with Crippen molar-refractivity contribution in [3.05, 3.63) is 34.3 Å². The highest BCUT2D eigenvalue weighted by molar-refractivity contribution is 6.31. The van der Waals surface area contributed by atoms with Crippen LogP contribution >= 0.6 is 11.6 Å². The van der Waals surface area contributed by atoms with E-state index in [1.807, 2.05) is 6.07 Å². The summed E-state index contributed by atoms with van der Waals surface area (Å²) in [5.74, 6) is 0.717. The third kappa shape index (κ3) is 2.28. The number of aliphatic hydroxyl groups excluding tert-OH is 1. The first-order valence-electron chi connectivity index (χ1n) is 5.20. The fourth-order valence-electron chi connectivity index (χ4n) is 1.73. The lowest BCUT2D eigenvalue weighted by Gasteiger charge is -2.05. The van der Waals surface area contributed by atoms with E-state index in [1.165, 1.54) is 24.0 Å². The Morgan fingerprint density at radius 1 is 1.36 bits per heavy atom. The SMILES string of the molecule is OCCCc1ccc(C2CC2)c(Cl)c1. The minimum atomic E-state index is 0.252. The summed E-state index contributed by atoms with van der Waals surface area (Å²) in [6.07, 6.45) is 4.31. The van der Waals surface area contributed by atoms with Crippen molar-refractivity contribution < 1.29 is 5.11 Å². The van der Waals surface area contributed by atoms with E-state index < -0.39 is 0 Å². The number of aliphatic hydroxyl groups is 1. The van der Waals surface area contributed by atoms with Crippen molar-refractivity contribution in [2.75, 3.05) is 6.61 Å². The third-order valence-corrected chi connectivity index (χ3v) is 3.03. The van der Waals surface area contributed by atoms with Gasteiger partial charge in [-0.1, -0.05) is 23.7 Å². The van der Waals surface area contributed by atoms with Crippen molar-refractivity contribution >= 4 is 11.6 Å². The van der Waals surface area contributed by atoms with Gasteiger partial charge in [-0.3, -0.25) is 0 Å². The second kappa shape index (κ2) is 4.33. The normalized spacial score (nSPS) is 15.9. The molecule has 0 heterocycles. The van der Waals surface area contributed by atoms with Crippen molar-refractivity contribution in [2.45, 2.75) is 31.6 Å². The molecule has 0 atom stereocenters. The lowest BCUT2D eigenvalue weighted by atomic mass is 10.0. The quantitative estimate of drug-likeness (QED) is 0.810. The molecule has 76 valence electrons. The van der Waals surface area contributed by atoms with E-state index >= 15 is 0 Å². The Bertz CT molecular complexity index is 318. The van der Waals surface area contributed by atoms with E-state index in [9.17, 15) is 0 Å². The summed E-state index contributed by atoms with van der Waals surface area (Å²) in [5, 5.41) is 9.62. The van der Waals surface area contributed by atoms with Gasteiger partial charge in [0.05, 0.1) is 0 Å². The minimum absolute atomic E-state index is 0.252. The van der Waals surface area contributed by atoms with Gasteiger partial charge in [0.15, 0.2) is 0 Å². The number of hydrogen-bond acceptors (Lipinski definition) is 1. The van der Waals surface area contributed by atoms with Gasteiger partial charge in [0, 0.05) is 11.6 Å². The molecule has 1 aliphatic rings. The van der Waals surface area contributed by atoms with Crippen LogP contribution in [0.1, 0.15) is 36.3 Å². The van der Waals surface area contributed by atoms with Crippen LogP contribution in [0.4, 0.5) is 0 Å². The first-order valence-corrected chi connectivity index (χ1v) is 5.58. The summed E-state index contributed by atoms with van der Waals surface area (Å²) < 4.78 is 0. The number of rotatable bonds is 4. The topological polar surface area (TPSA) is 20.2 Å². The van der Waals surface area contributed by atoms with Crippen LogP contribution in [0.3, 0.4) is 0 Å². The zero-order valence-electron chi connectivity index (χ0n) is 8.17. The summed E-state index contributed by atoms with van der Waals surface area (Å²) >= 11 is 6.18. The van der Waals surface area contributed by atoms with Crippen LogP contribution in [-0.4, -0.2) is 11.7 Å². The Hall–Kier alpha value is -0.530. The van der Waals surface area contributed by atoms with Gasteiger partial charge in [0.25, 0.3) is 0 Å². The summed E-state index contributed by atoms with van der Waals surface area (Å²) in [4.78, 5) is 0. The molecule has 1 N–H and O–H groups in total. The fraction of sp³-hybridized carbons (Fsp3) is 0.500. The van der Waals surface area contributed by atoms with Gasteiger partial charge in [-0.2, -0.15) is 0 Å². The van der Waals surface area contributed by atoms with E-state index in [1.54, 1.807) is 0 Å². The van der Waals surface area contributed by atoms with Gasteiger partial charge in [-0.05, 0) is 48.8 Å². The summed E-state index contributed by atoms with van der Waals surface area (Å²) in [7, 11) is 0. The molecule has 0 saturated heterocycles. The highest BCUT2D eigenvalue weighted by Gasteiger charge is 2.25. The average molecular weight is 211 g/mol. The van der Waals surface area contributed by atoms with E-state index in [2.05, 4.69) is 12.1 Å². The molecule has 0 bridgehead atoms. The molecule has 2 heteroatoms. The molecule has 2 rings (SSSR count). The monoisotopic (exact) mass is 210 g/mol. The maximum atomic E-state index is 8.72. The molecule has 14 heavy (non-hydrogen) atoms. The Morgan fingerprint density at radius 2 is 2.14 bits per heavy atom. The Kier molecular flexibility index (Phi) is 3.09. The van der Waals surface area contributed by atoms with E-state index in [-0.39, 0.29) is 6.61 Å². The first-order chi connectivity index (χ1) is 6.81. The van der Waals surface area contributed by atoms with Crippen molar-refractivity contribution in [3.8, 4) is 0 Å². The molecule has 0 aromatic heterocycles. The molecular formula is C12H15ClO. The van der Waals surface area contributed by atoms with Gasteiger partial charge in [-0.25, -0.2) is 0 Å². The highest BCUT2D eigenvalue weighted by atomic mass is 35.5. The molecule has 1 fully saturated rings. The van der Waals surface area contributed by atoms with Gasteiger partial charge >= 0.3 is 0 Å². The van der Waals surface area contributed by atoms with Crippen LogP contribution < -0.4 is 0 Å². The second-order valence-corrected chi connectivity index (χ2v) is 4.36. The lowest BCUT2D eigenvalue weighted by Crippen LogP contribution is -1.91. The first kappa shape index (κ1) is 10.0. The van der Waals surface area contributed by atoms with E-state index in [0.29, 0.717) is 0 Å². The number of halogens is 1. The predicted octanol–water partition coefficient (Wildman–Crippen LogP) is 3.14. The molecule has 0 aliphatic heterocycles. The molecule has 0 spiro atoms. The molecule has 0 amide bonds. The average Bonchev–Trinajstić information content (AvgIpc) is 2.98. The summed E-state index contributed by atoms with van der Waals surface area (Å²) in [5.41, 5.74) is 2.54. The van der Waals surface area contributed by atoms with Gasteiger partial charge in [0.1, 0.15) is 0 Å². The van der Waals surface area contributed by atoms with Crippen LogP contribution in [0.15, 0.2) is 18.2 Å². The molecule has 0 radical (unpaired) electrons. The Balaban J connectivity index is 2.09. The van der Waals surface area contributed by atoms with Crippen molar-refractivity contribution in [2.24, 2.45) is 0 Å². The van der Waals surface area contributed by atoms with Gasteiger partial charge < -0.3 is 5.11 Å². The lowest BCUT2D eigenvalue weighted by molar-refractivity contribution is 0.288. The van der Waals surface area contributed by atoms with Crippen LogP contribution in [0, 0.1) is 0 Å². The molecule has 1 aromatic rings. The molecule has 1 nitrogen and oxygen atoms in total. The molecule has 0 unspecified atom stereocenters. The largest absolute Gasteiger partial charge is 0.396 e. The third-order valence-electron chi connectivity index (χ3n) is 2.71. The summed E-state index contributed by atoms with van der Waals surface area (Å²) in [6, 6.07) is 6.33. The zero-order valence-corrected chi connectivity index (χ0v) is 8.93. The predicted molar refractivity (Wildman–Crippen MR) is 58.8 cm³/mol. The molecule has 1 aromatic carbocycles. The van der Waals surface area contributed by atoms with Crippen LogP contribution in [0.2, 0.25) is 5.02 Å². The zero-order chi connectivity index (χ0) is 9.97. The fourth-order valence-corrected chi connectivity index (χ4v) is 2.09. The molecule has 1 aliphatic carbocycles. The standard InChI is InChI=1S/C12H15ClO/c13-12-8-9(2-1-7-14)3-6-11(12)10-4-5-10/h3,6,8,10,14H,1-2,4-5,7H2. The van der Waals surface area contributed by atoms with Crippen LogP contribution in [-0.2, 0) is 6.42 Å². The van der Waals surface area contributed by atoms with Crippen LogP contribution in [0.5, 0.6) is 0 Å². The minimum Gasteiger partial charge on any atom is -0.396 e. The Morgan fingerprint density at radius 3 is 2.71 bits per heavy atom. The van der Waals surface area contributed by atoms with Crippen molar-refractivity contribution in [1.29, 1.82) is 0 Å². The van der Waals surface area contributed by atoms with Crippen molar-refractivity contribution in [3.63, 3.8) is 0 Å². The van der Waals surface area contributed by atoms with E-state index in [0.717, 1.165) is 23.8 Å². The highest BCUT2D eigenvalue weighted by Crippen LogP contribution is 2.43. The van der Waals surface area contributed by atoms with Crippen molar-refractivity contribution in [1.82, 2.24) is 0 Å². The van der Waals surface area contributed by atoms with E-state index in [4.69, 9.17) is 16.7 Å². The maximum Gasteiger partial charge on any atom is 0.0443 e. The molecular weight excluding hydrogens is 196 g/mol. The number of benzene rings is 1. The Labute approximate surface area is 89.7 Å².